The molecule has 0 aliphatic carbocycles. The summed E-state index contributed by atoms with van der Waals surface area (Å²) in [6.07, 6.45) is 2.70. The maximum absolute atomic E-state index is 11.6. The largest absolute Gasteiger partial charge is 0.342 e. The number of nitrogens with one attached hydrogen (secondary N) is 3. The van der Waals surface area contributed by atoms with Gasteiger partial charge in [-0.2, -0.15) is 15.5 Å². The van der Waals surface area contributed by atoms with Crippen LogP contribution in [0.5, 0.6) is 0 Å². The highest BCUT2D eigenvalue weighted by molar-refractivity contribution is 7.99. The molecule has 0 spiro atoms. The molecule has 3 N–H and O–H groups in total. The van der Waals surface area contributed by atoms with Crippen molar-refractivity contribution in [3.63, 3.8) is 0 Å². The molecule has 1 amide bonds. The third-order valence-electron chi connectivity index (χ3n) is 2.32. The summed E-state index contributed by atoms with van der Waals surface area (Å²) in [5.41, 5.74) is 1.75. The number of carbonyl (C=O) groups is 1. The SMILES string of the molecule is N#Cc1ccc(C=NNC(=O)CSc2n[nH]c(=O)[nH]c2=O)nc1. The van der Waals surface area contributed by atoms with E-state index in [-0.39, 0.29) is 10.8 Å². The number of hydrogen-bond acceptors (Lipinski definition) is 8. The fraction of sp³-hybridized carbons (Fsp3) is 0.0833. The van der Waals surface area contributed by atoms with Gasteiger partial charge in [0, 0.05) is 6.20 Å². The summed E-state index contributed by atoms with van der Waals surface area (Å²) in [5, 5.41) is 17.9. The Morgan fingerprint density at radius 2 is 2.30 bits per heavy atom. The predicted octanol–water partition coefficient (Wildman–Crippen LogP) is -1.03. The van der Waals surface area contributed by atoms with Crippen LogP contribution in [0.3, 0.4) is 0 Å². The molecule has 0 radical (unpaired) electrons. The van der Waals surface area contributed by atoms with Gasteiger partial charge in [0.2, 0.25) is 5.91 Å². The molecule has 2 aromatic rings. The Hall–Kier alpha value is -3.26. The van der Waals surface area contributed by atoms with Crippen LogP contribution in [0.1, 0.15) is 11.3 Å². The molecule has 2 aromatic heterocycles. The molecule has 2 heterocycles. The number of rotatable bonds is 5. The van der Waals surface area contributed by atoms with Gasteiger partial charge in [0.05, 0.1) is 23.2 Å². The van der Waals surface area contributed by atoms with Crippen LogP contribution in [-0.2, 0) is 4.79 Å². The Morgan fingerprint density at radius 3 is 2.96 bits per heavy atom. The van der Waals surface area contributed by atoms with Gasteiger partial charge in [-0.25, -0.2) is 15.3 Å². The summed E-state index contributed by atoms with van der Waals surface area (Å²) in [7, 11) is 0. The van der Waals surface area contributed by atoms with Crippen molar-refractivity contribution < 1.29 is 4.79 Å². The van der Waals surface area contributed by atoms with Crippen molar-refractivity contribution >= 4 is 23.9 Å². The van der Waals surface area contributed by atoms with E-state index in [1.54, 1.807) is 12.1 Å². The minimum Gasteiger partial charge on any atom is -0.272 e. The molecule has 0 saturated carbocycles. The normalized spacial score (nSPS) is 10.4. The number of carbonyl (C=O) groups excluding carboxylic acids is 1. The van der Waals surface area contributed by atoms with Gasteiger partial charge in [-0.3, -0.25) is 19.6 Å². The predicted molar refractivity (Wildman–Crippen MR) is 80.9 cm³/mol. The van der Waals surface area contributed by atoms with Crippen molar-refractivity contribution in [1.29, 1.82) is 5.26 Å². The topological polar surface area (TPSA) is 157 Å². The number of thioether (sulfide) groups is 1. The fourth-order valence-corrected chi connectivity index (χ4v) is 1.94. The van der Waals surface area contributed by atoms with Gasteiger partial charge < -0.3 is 0 Å². The van der Waals surface area contributed by atoms with Crippen molar-refractivity contribution in [2.24, 2.45) is 5.10 Å². The van der Waals surface area contributed by atoms with Gasteiger partial charge in [0.15, 0.2) is 5.03 Å². The molecule has 0 fully saturated rings. The fourth-order valence-electron chi connectivity index (χ4n) is 1.32. The molecule has 2 rings (SSSR count). The van der Waals surface area contributed by atoms with E-state index < -0.39 is 17.2 Å². The van der Waals surface area contributed by atoms with Gasteiger partial charge in [-0.05, 0) is 12.1 Å². The van der Waals surface area contributed by atoms with Crippen LogP contribution in [-0.4, -0.2) is 38.0 Å². The lowest BCUT2D eigenvalue weighted by Gasteiger charge is -1.98. The summed E-state index contributed by atoms with van der Waals surface area (Å²) in [6, 6.07) is 5.08. The van der Waals surface area contributed by atoms with Crippen LogP contribution in [0.15, 0.2) is 38.0 Å². The number of hydrogen-bond donors (Lipinski definition) is 3. The van der Waals surface area contributed by atoms with Crippen molar-refractivity contribution in [3.05, 3.63) is 50.4 Å². The van der Waals surface area contributed by atoms with Crippen LogP contribution in [0.2, 0.25) is 0 Å². The second kappa shape index (κ2) is 7.66. The summed E-state index contributed by atoms with van der Waals surface area (Å²) < 4.78 is 0. The number of nitrogens with zero attached hydrogens (tertiary/aromatic N) is 4. The van der Waals surface area contributed by atoms with E-state index >= 15 is 0 Å². The molecular formula is C12H9N7O3S. The minimum atomic E-state index is -0.719. The highest BCUT2D eigenvalue weighted by atomic mass is 32.2. The quantitative estimate of drug-likeness (QED) is 0.359. The zero-order valence-corrected chi connectivity index (χ0v) is 12.3. The van der Waals surface area contributed by atoms with E-state index in [0.717, 1.165) is 11.8 Å². The first-order chi connectivity index (χ1) is 11.1. The third kappa shape index (κ3) is 4.90. The van der Waals surface area contributed by atoms with Crippen LogP contribution < -0.4 is 16.7 Å². The molecule has 11 heteroatoms. The molecule has 0 saturated heterocycles. The number of aromatic amines is 2. The van der Waals surface area contributed by atoms with Gasteiger partial charge in [-0.1, -0.05) is 11.8 Å². The van der Waals surface area contributed by atoms with Gasteiger partial charge in [-0.15, -0.1) is 0 Å². The van der Waals surface area contributed by atoms with Crippen LogP contribution in [0.4, 0.5) is 0 Å². The molecule has 0 atom stereocenters. The van der Waals surface area contributed by atoms with Crippen LogP contribution >= 0.6 is 11.8 Å². The molecule has 0 bridgehead atoms. The first-order valence-electron chi connectivity index (χ1n) is 6.08. The van der Waals surface area contributed by atoms with Crippen molar-refractivity contribution in [2.45, 2.75) is 5.03 Å². The molecule has 116 valence electrons. The zero-order chi connectivity index (χ0) is 16.7. The summed E-state index contributed by atoms with van der Waals surface area (Å²) in [5.74, 6) is -0.576. The second-order valence-electron chi connectivity index (χ2n) is 3.98. The van der Waals surface area contributed by atoms with Crippen LogP contribution in [0.25, 0.3) is 0 Å². The Morgan fingerprint density at radius 1 is 1.48 bits per heavy atom. The van der Waals surface area contributed by atoms with E-state index in [2.05, 4.69) is 25.7 Å². The van der Waals surface area contributed by atoms with Gasteiger partial charge in [0.1, 0.15) is 6.07 Å². The molecule has 0 unspecified atom stereocenters. The lowest BCUT2D eigenvalue weighted by atomic mass is 10.3. The number of H-pyrrole nitrogens is 2. The van der Waals surface area contributed by atoms with E-state index in [4.69, 9.17) is 5.26 Å². The molecule has 0 aromatic carbocycles. The first-order valence-corrected chi connectivity index (χ1v) is 7.07. The monoisotopic (exact) mass is 331 g/mol. The second-order valence-corrected chi connectivity index (χ2v) is 4.94. The molecule has 23 heavy (non-hydrogen) atoms. The molecule has 0 aliphatic heterocycles. The Kier molecular flexibility index (Phi) is 5.37. The maximum Gasteiger partial charge on any atom is 0.342 e. The lowest BCUT2D eigenvalue weighted by molar-refractivity contribution is -0.118. The highest BCUT2D eigenvalue weighted by Gasteiger charge is 2.07. The van der Waals surface area contributed by atoms with E-state index in [1.807, 2.05) is 11.1 Å². The van der Waals surface area contributed by atoms with Gasteiger partial charge >= 0.3 is 5.69 Å². The van der Waals surface area contributed by atoms with Crippen molar-refractivity contribution in [3.8, 4) is 6.07 Å². The van der Waals surface area contributed by atoms with E-state index in [0.29, 0.717) is 11.3 Å². The minimum absolute atomic E-state index is 0.0301. The molecule has 0 aliphatic rings. The standard InChI is InChI=1S/C12H9N7O3S/c13-3-7-1-2-8(14-4-7)5-15-17-9(20)6-23-11-10(21)16-12(22)19-18-11/h1-2,4-5H,6H2,(H,17,20)(H2,16,19,21,22). The summed E-state index contributed by atoms with van der Waals surface area (Å²) in [4.78, 5) is 39.6. The Balaban J connectivity index is 1.85. The van der Waals surface area contributed by atoms with Crippen molar-refractivity contribution in [1.82, 2.24) is 25.6 Å². The van der Waals surface area contributed by atoms with E-state index in [9.17, 15) is 14.4 Å². The molecular weight excluding hydrogens is 322 g/mol. The number of amides is 1. The first kappa shape index (κ1) is 16.1. The van der Waals surface area contributed by atoms with Crippen LogP contribution in [0, 0.1) is 11.3 Å². The smallest absolute Gasteiger partial charge is 0.272 e. The summed E-state index contributed by atoms with van der Waals surface area (Å²) >= 11 is 0.852. The number of nitriles is 1. The third-order valence-corrected chi connectivity index (χ3v) is 3.28. The Labute approximate surface area is 132 Å². The average Bonchev–Trinajstić information content (AvgIpc) is 2.54. The average molecular weight is 331 g/mol. The number of aromatic nitrogens is 4. The highest BCUT2D eigenvalue weighted by Crippen LogP contribution is 2.06. The maximum atomic E-state index is 11.6. The number of hydrazone groups is 1. The van der Waals surface area contributed by atoms with Crippen molar-refractivity contribution in [2.75, 3.05) is 5.75 Å². The van der Waals surface area contributed by atoms with Gasteiger partial charge in [0.25, 0.3) is 5.56 Å². The summed E-state index contributed by atoms with van der Waals surface area (Å²) in [6.45, 7) is 0. The number of pyridine rings is 1. The van der Waals surface area contributed by atoms with E-state index in [1.165, 1.54) is 12.4 Å². The zero-order valence-electron chi connectivity index (χ0n) is 11.4. The lowest BCUT2D eigenvalue weighted by Crippen LogP contribution is -2.26. The Bertz CT molecular complexity index is 879. The molecule has 10 nitrogen and oxygen atoms in total.